The second kappa shape index (κ2) is 9.48. The highest BCUT2D eigenvalue weighted by Gasteiger charge is 2.17. The van der Waals surface area contributed by atoms with E-state index in [1.54, 1.807) is 29.5 Å². The molecule has 3 aromatic rings. The first kappa shape index (κ1) is 20.7. The summed E-state index contributed by atoms with van der Waals surface area (Å²) in [4.78, 5) is 28.1. The molecule has 0 atom stereocenters. The zero-order valence-corrected chi connectivity index (χ0v) is 18.5. The Morgan fingerprint density at radius 2 is 2.00 bits per heavy atom. The van der Waals surface area contributed by atoms with Gasteiger partial charge in [-0.1, -0.05) is 36.9 Å². The zero-order chi connectivity index (χ0) is 20.9. The minimum absolute atomic E-state index is 0.117. The Bertz CT molecular complexity index is 1040. The van der Waals surface area contributed by atoms with E-state index in [0.717, 1.165) is 40.8 Å². The quantitative estimate of drug-likeness (QED) is 0.388. The fraction of sp³-hybridized carbons (Fsp3) is 0.400. The summed E-state index contributed by atoms with van der Waals surface area (Å²) in [5.74, 6) is 1.45. The minimum atomic E-state index is -0.117. The summed E-state index contributed by atoms with van der Waals surface area (Å²) >= 11 is 2.98. The van der Waals surface area contributed by atoms with Gasteiger partial charge in [0.1, 0.15) is 16.1 Å². The third kappa shape index (κ3) is 4.59. The Kier molecular flexibility index (Phi) is 6.53. The number of anilines is 2. The third-order valence-electron chi connectivity index (χ3n) is 4.40. The van der Waals surface area contributed by atoms with E-state index in [2.05, 4.69) is 34.0 Å². The Labute approximate surface area is 183 Å². The standard InChI is InChI=1S/C20H23N5O3S2/c1-3-7-25(8-4-2)20-24-18-17(30-20)19(22-11-21-18)29-10-16(26)23-13-5-6-14-15(9-13)28-12-27-14/h5-6,9,11H,3-4,7-8,10,12H2,1-2H3,(H,23,26). The number of thioether (sulfide) groups is 1. The number of hydrogen-bond donors (Lipinski definition) is 1. The Balaban J connectivity index is 1.43. The van der Waals surface area contributed by atoms with Gasteiger partial charge in [0, 0.05) is 24.8 Å². The SMILES string of the molecule is CCCN(CCC)c1nc2ncnc(SCC(=O)Nc3ccc4c(c3)OCO4)c2s1. The monoisotopic (exact) mass is 445 g/mol. The summed E-state index contributed by atoms with van der Waals surface area (Å²) in [6, 6.07) is 5.35. The maximum atomic E-state index is 12.4. The maximum Gasteiger partial charge on any atom is 0.234 e. The highest BCUT2D eigenvalue weighted by molar-refractivity contribution is 8.00. The van der Waals surface area contributed by atoms with Gasteiger partial charge in [-0.2, -0.15) is 4.98 Å². The van der Waals surface area contributed by atoms with E-state index in [1.807, 2.05) is 0 Å². The Morgan fingerprint density at radius 3 is 2.80 bits per heavy atom. The van der Waals surface area contributed by atoms with Crippen LogP contribution in [0.3, 0.4) is 0 Å². The Hall–Kier alpha value is -2.59. The van der Waals surface area contributed by atoms with Crippen molar-refractivity contribution in [3.8, 4) is 11.5 Å². The molecule has 0 spiro atoms. The lowest BCUT2D eigenvalue weighted by Crippen LogP contribution is -2.24. The molecule has 158 valence electrons. The molecule has 0 saturated carbocycles. The van der Waals surface area contributed by atoms with E-state index >= 15 is 0 Å². The van der Waals surface area contributed by atoms with Gasteiger partial charge in [-0.3, -0.25) is 4.79 Å². The van der Waals surface area contributed by atoms with Gasteiger partial charge in [-0.05, 0) is 25.0 Å². The lowest BCUT2D eigenvalue weighted by molar-refractivity contribution is -0.113. The molecule has 0 fully saturated rings. The van der Waals surface area contributed by atoms with Crippen molar-refractivity contribution >= 4 is 50.2 Å². The van der Waals surface area contributed by atoms with Crippen LogP contribution in [0.2, 0.25) is 0 Å². The lowest BCUT2D eigenvalue weighted by atomic mass is 10.3. The van der Waals surface area contributed by atoms with Gasteiger partial charge in [-0.25, -0.2) is 9.97 Å². The van der Waals surface area contributed by atoms with E-state index in [0.29, 0.717) is 22.8 Å². The summed E-state index contributed by atoms with van der Waals surface area (Å²) in [6.45, 7) is 6.45. The maximum absolute atomic E-state index is 12.4. The van der Waals surface area contributed by atoms with Crippen LogP contribution in [0.15, 0.2) is 29.6 Å². The van der Waals surface area contributed by atoms with Gasteiger partial charge >= 0.3 is 0 Å². The normalized spacial score (nSPS) is 12.3. The van der Waals surface area contributed by atoms with Crippen molar-refractivity contribution in [3.05, 3.63) is 24.5 Å². The number of amides is 1. The number of nitrogens with zero attached hydrogens (tertiary/aromatic N) is 4. The van der Waals surface area contributed by atoms with Gasteiger partial charge in [0.2, 0.25) is 12.7 Å². The minimum Gasteiger partial charge on any atom is -0.454 e. The molecule has 0 unspecified atom stereocenters. The molecule has 0 radical (unpaired) electrons. The summed E-state index contributed by atoms with van der Waals surface area (Å²) in [5, 5.41) is 4.62. The topological polar surface area (TPSA) is 89.5 Å². The molecule has 1 N–H and O–H groups in total. The molecule has 10 heteroatoms. The second-order valence-corrected chi connectivity index (χ2v) is 8.66. The first-order valence-electron chi connectivity index (χ1n) is 9.86. The van der Waals surface area contributed by atoms with Crippen molar-refractivity contribution < 1.29 is 14.3 Å². The zero-order valence-electron chi connectivity index (χ0n) is 16.9. The first-order chi connectivity index (χ1) is 14.7. The van der Waals surface area contributed by atoms with E-state index in [-0.39, 0.29) is 18.5 Å². The summed E-state index contributed by atoms with van der Waals surface area (Å²) in [5.41, 5.74) is 1.36. The smallest absolute Gasteiger partial charge is 0.234 e. The molecule has 0 saturated heterocycles. The van der Waals surface area contributed by atoms with Crippen molar-refractivity contribution in [1.82, 2.24) is 15.0 Å². The van der Waals surface area contributed by atoms with Gasteiger partial charge in [-0.15, -0.1) is 0 Å². The molecule has 8 nitrogen and oxygen atoms in total. The molecule has 30 heavy (non-hydrogen) atoms. The average Bonchev–Trinajstić information content (AvgIpc) is 3.38. The average molecular weight is 446 g/mol. The molecule has 0 bridgehead atoms. The number of ether oxygens (including phenoxy) is 2. The van der Waals surface area contributed by atoms with Crippen molar-refractivity contribution in [2.75, 3.05) is 35.9 Å². The van der Waals surface area contributed by atoms with Gasteiger partial charge in [0.25, 0.3) is 0 Å². The van der Waals surface area contributed by atoms with Crippen LogP contribution in [0.5, 0.6) is 11.5 Å². The van der Waals surface area contributed by atoms with E-state index in [9.17, 15) is 4.79 Å². The van der Waals surface area contributed by atoms with Gasteiger partial charge < -0.3 is 19.7 Å². The number of fused-ring (bicyclic) bond motifs is 2. The predicted octanol–water partition coefficient (Wildman–Crippen LogP) is 4.17. The van der Waals surface area contributed by atoms with Crippen LogP contribution in [-0.2, 0) is 4.79 Å². The highest BCUT2D eigenvalue weighted by atomic mass is 32.2. The molecule has 1 aromatic carbocycles. The molecular weight excluding hydrogens is 422 g/mol. The van der Waals surface area contributed by atoms with E-state index < -0.39 is 0 Å². The van der Waals surface area contributed by atoms with Crippen molar-refractivity contribution in [2.45, 2.75) is 31.7 Å². The largest absolute Gasteiger partial charge is 0.454 e. The van der Waals surface area contributed by atoms with E-state index in [4.69, 9.17) is 14.5 Å². The van der Waals surface area contributed by atoms with Crippen molar-refractivity contribution in [1.29, 1.82) is 0 Å². The summed E-state index contributed by atoms with van der Waals surface area (Å²) in [7, 11) is 0. The van der Waals surface area contributed by atoms with Crippen LogP contribution in [0.1, 0.15) is 26.7 Å². The van der Waals surface area contributed by atoms with Crippen LogP contribution >= 0.6 is 23.1 Å². The molecule has 2 aromatic heterocycles. The number of rotatable bonds is 9. The molecule has 4 rings (SSSR count). The summed E-state index contributed by atoms with van der Waals surface area (Å²) < 4.78 is 11.6. The molecular formula is C20H23N5O3S2. The molecule has 1 aliphatic heterocycles. The number of nitrogens with one attached hydrogen (secondary N) is 1. The Morgan fingerprint density at radius 1 is 1.20 bits per heavy atom. The fourth-order valence-corrected chi connectivity index (χ4v) is 5.05. The molecule has 0 aliphatic carbocycles. The van der Waals surface area contributed by atoms with Crippen LogP contribution in [0.4, 0.5) is 10.8 Å². The van der Waals surface area contributed by atoms with Crippen molar-refractivity contribution in [2.24, 2.45) is 0 Å². The number of carbonyl (C=O) groups excluding carboxylic acids is 1. The number of benzene rings is 1. The van der Waals surface area contributed by atoms with Crippen LogP contribution < -0.4 is 19.7 Å². The molecule has 3 heterocycles. The number of carbonyl (C=O) groups is 1. The van der Waals surface area contributed by atoms with Gasteiger partial charge in [0.15, 0.2) is 22.3 Å². The number of hydrogen-bond acceptors (Lipinski definition) is 9. The fourth-order valence-electron chi connectivity index (χ4n) is 3.11. The molecule has 1 aliphatic rings. The first-order valence-corrected chi connectivity index (χ1v) is 11.7. The molecule has 1 amide bonds. The lowest BCUT2D eigenvalue weighted by Gasteiger charge is -2.19. The van der Waals surface area contributed by atoms with E-state index in [1.165, 1.54) is 18.1 Å². The van der Waals surface area contributed by atoms with Crippen LogP contribution in [0, 0.1) is 0 Å². The highest BCUT2D eigenvalue weighted by Crippen LogP contribution is 2.35. The van der Waals surface area contributed by atoms with Gasteiger partial charge in [0.05, 0.1) is 5.75 Å². The third-order valence-corrected chi connectivity index (χ3v) is 6.63. The van der Waals surface area contributed by atoms with Crippen LogP contribution in [-0.4, -0.2) is 46.5 Å². The number of thiazole rings is 1. The second-order valence-electron chi connectivity index (χ2n) is 6.72. The van der Waals surface area contributed by atoms with Crippen LogP contribution in [0.25, 0.3) is 10.3 Å². The predicted molar refractivity (Wildman–Crippen MR) is 120 cm³/mol. The summed E-state index contributed by atoms with van der Waals surface area (Å²) in [6.07, 6.45) is 3.63. The number of aromatic nitrogens is 3. The van der Waals surface area contributed by atoms with Crippen molar-refractivity contribution in [3.63, 3.8) is 0 Å².